The van der Waals surface area contributed by atoms with Crippen LogP contribution in [0.15, 0.2) is 24.5 Å². The fourth-order valence-electron chi connectivity index (χ4n) is 1.12. The molecule has 80 valence electrons. The van der Waals surface area contributed by atoms with E-state index in [0.717, 1.165) is 5.56 Å². The van der Waals surface area contributed by atoms with Crippen molar-refractivity contribution in [2.45, 2.75) is 19.9 Å². The van der Waals surface area contributed by atoms with Crippen LogP contribution in [0.25, 0.3) is 0 Å². The average Bonchev–Trinajstić information content (AvgIpc) is 2.18. The third-order valence-electron chi connectivity index (χ3n) is 2.31. The molecule has 1 heterocycles. The van der Waals surface area contributed by atoms with E-state index in [1.165, 1.54) is 0 Å². The zero-order valence-corrected chi connectivity index (χ0v) is 9.29. The zero-order valence-electron chi connectivity index (χ0n) is 8.47. The first-order chi connectivity index (χ1) is 6.08. The number of nitrogens with two attached hydrogens (primary N) is 1. The van der Waals surface area contributed by atoms with Gasteiger partial charge in [0.25, 0.3) is 0 Å². The van der Waals surface area contributed by atoms with Crippen molar-refractivity contribution in [3.63, 3.8) is 0 Å². The number of aromatic nitrogens is 1. The largest absolute Gasteiger partial charge is 0.396 e. The highest BCUT2D eigenvalue weighted by molar-refractivity contribution is 5.85. The maximum atomic E-state index is 9.13. The summed E-state index contributed by atoms with van der Waals surface area (Å²) in [7, 11) is 0. The topological polar surface area (TPSA) is 59.1 Å². The Kier molecular flexibility index (Phi) is 5.05. The molecular weight excluding hydrogens is 200 g/mol. The van der Waals surface area contributed by atoms with Crippen LogP contribution in [0.1, 0.15) is 25.5 Å². The Bertz CT molecular complexity index is 264. The molecule has 0 fully saturated rings. The summed E-state index contributed by atoms with van der Waals surface area (Å²) in [5, 5.41) is 9.13. The quantitative estimate of drug-likeness (QED) is 0.806. The molecule has 3 nitrogen and oxygen atoms in total. The van der Waals surface area contributed by atoms with Gasteiger partial charge in [-0.3, -0.25) is 4.98 Å². The van der Waals surface area contributed by atoms with Crippen LogP contribution in [0.2, 0.25) is 0 Å². The smallest absolute Gasteiger partial charge is 0.0500 e. The number of hydrogen-bond acceptors (Lipinski definition) is 3. The van der Waals surface area contributed by atoms with Gasteiger partial charge in [-0.1, -0.05) is 13.8 Å². The monoisotopic (exact) mass is 216 g/mol. The lowest BCUT2D eigenvalue weighted by Crippen LogP contribution is -2.32. The third-order valence-corrected chi connectivity index (χ3v) is 2.31. The van der Waals surface area contributed by atoms with Gasteiger partial charge in [0, 0.05) is 30.5 Å². The fraction of sp³-hybridized carbons (Fsp3) is 0.500. The van der Waals surface area contributed by atoms with Crippen LogP contribution in [-0.4, -0.2) is 16.7 Å². The zero-order chi connectivity index (χ0) is 9.90. The first kappa shape index (κ1) is 13.4. The minimum Gasteiger partial charge on any atom is -0.396 e. The molecule has 0 amide bonds. The molecule has 0 unspecified atom stereocenters. The standard InChI is InChI=1S/C10H16N2O.ClH/c1-10(2,7-13)9(11)8-3-5-12-6-4-8;/h3-6,9,13H,7,11H2,1-2H3;1H/t9-;/m0./s1. The molecule has 0 saturated carbocycles. The lowest BCUT2D eigenvalue weighted by atomic mass is 9.82. The molecule has 0 bridgehead atoms. The van der Waals surface area contributed by atoms with Crippen molar-refractivity contribution < 1.29 is 5.11 Å². The van der Waals surface area contributed by atoms with Crippen molar-refractivity contribution in [2.75, 3.05) is 6.61 Å². The molecule has 3 N–H and O–H groups in total. The van der Waals surface area contributed by atoms with Crippen LogP contribution in [-0.2, 0) is 0 Å². The number of rotatable bonds is 3. The Labute approximate surface area is 90.8 Å². The van der Waals surface area contributed by atoms with Crippen molar-refractivity contribution in [3.05, 3.63) is 30.1 Å². The molecule has 4 heteroatoms. The lowest BCUT2D eigenvalue weighted by molar-refractivity contribution is 0.132. The van der Waals surface area contributed by atoms with Crippen LogP contribution in [0.3, 0.4) is 0 Å². The van der Waals surface area contributed by atoms with Gasteiger partial charge in [0.15, 0.2) is 0 Å². The first-order valence-electron chi connectivity index (χ1n) is 4.34. The summed E-state index contributed by atoms with van der Waals surface area (Å²) in [6, 6.07) is 3.60. The SMILES string of the molecule is CC(C)(CO)[C@@H](N)c1ccncc1.Cl. The molecule has 0 aromatic carbocycles. The molecule has 1 atom stereocenters. The van der Waals surface area contributed by atoms with Crippen molar-refractivity contribution in [2.24, 2.45) is 11.1 Å². The van der Waals surface area contributed by atoms with Crippen molar-refractivity contribution >= 4 is 12.4 Å². The summed E-state index contributed by atoms with van der Waals surface area (Å²) < 4.78 is 0. The molecule has 0 spiro atoms. The van der Waals surface area contributed by atoms with Gasteiger partial charge in [-0.15, -0.1) is 12.4 Å². The predicted octanol–water partition coefficient (Wildman–Crippen LogP) is 1.52. The van der Waals surface area contributed by atoms with E-state index in [2.05, 4.69) is 4.98 Å². The van der Waals surface area contributed by atoms with Crippen molar-refractivity contribution in [1.82, 2.24) is 4.98 Å². The predicted molar refractivity (Wildman–Crippen MR) is 59.3 cm³/mol. The summed E-state index contributed by atoms with van der Waals surface area (Å²) in [6.07, 6.45) is 3.42. The Morgan fingerprint density at radius 2 is 1.93 bits per heavy atom. The number of aliphatic hydroxyl groups is 1. The first-order valence-corrected chi connectivity index (χ1v) is 4.34. The molecule has 1 aromatic rings. The number of halogens is 1. The van der Waals surface area contributed by atoms with E-state index >= 15 is 0 Å². The molecule has 1 aromatic heterocycles. The number of hydrogen-bond donors (Lipinski definition) is 2. The van der Waals surface area contributed by atoms with Crippen molar-refractivity contribution in [3.8, 4) is 0 Å². The molecule has 0 saturated heterocycles. The highest BCUT2D eigenvalue weighted by Crippen LogP contribution is 2.29. The summed E-state index contributed by atoms with van der Waals surface area (Å²) in [5.74, 6) is 0. The Balaban J connectivity index is 0.00000169. The van der Waals surface area contributed by atoms with Gasteiger partial charge in [-0.05, 0) is 17.7 Å². The normalized spacial score (nSPS) is 13.1. The number of pyridine rings is 1. The number of aliphatic hydroxyl groups excluding tert-OH is 1. The second-order valence-electron chi connectivity index (χ2n) is 3.90. The Morgan fingerprint density at radius 3 is 2.36 bits per heavy atom. The lowest BCUT2D eigenvalue weighted by Gasteiger charge is -2.29. The van der Waals surface area contributed by atoms with Crippen LogP contribution in [0, 0.1) is 5.41 Å². The molecular formula is C10H17ClN2O. The van der Waals surface area contributed by atoms with E-state index in [0.29, 0.717) is 0 Å². The summed E-state index contributed by atoms with van der Waals surface area (Å²) >= 11 is 0. The maximum Gasteiger partial charge on any atom is 0.0500 e. The summed E-state index contributed by atoms with van der Waals surface area (Å²) in [5.41, 5.74) is 6.71. The van der Waals surface area contributed by atoms with E-state index < -0.39 is 0 Å². The second-order valence-corrected chi connectivity index (χ2v) is 3.90. The second kappa shape index (κ2) is 5.29. The van der Waals surface area contributed by atoms with Crippen molar-refractivity contribution in [1.29, 1.82) is 0 Å². The minimum absolute atomic E-state index is 0. The van der Waals surface area contributed by atoms with E-state index in [4.69, 9.17) is 10.8 Å². The highest BCUT2D eigenvalue weighted by Gasteiger charge is 2.26. The van der Waals surface area contributed by atoms with E-state index in [1.807, 2.05) is 26.0 Å². The molecule has 14 heavy (non-hydrogen) atoms. The Morgan fingerprint density at radius 1 is 1.43 bits per heavy atom. The van der Waals surface area contributed by atoms with Gasteiger partial charge >= 0.3 is 0 Å². The van der Waals surface area contributed by atoms with Gasteiger partial charge < -0.3 is 10.8 Å². The molecule has 1 rings (SSSR count). The van der Waals surface area contributed by atoms with Gasteiger partial charge in [0.05, 0.1) is 0 Å². The number of nitrogens with zero attached hydrogens (tertiary/aromatic N) is 1. The van der Waals surface area contributed by atoms with Crippen LogP contribution < -0.4 is 5.73 Å². The Hall–Kier alpha value is -0.640. The fourth-order valence-corrected chi connectivity index (χ4v) is 1.12. The minimum atomic E-state index is -0.290. The summed E-state index contributed by atoms with van der Waals surface area (Å²) in [6.45, 7) is 3.96. The average molecular weight is 217 g/mol. The summed E-state index contributed by atoms with van der Waals surface area (Å²) in [4.78, 5) is 3.92. The van der Waals surface area contributed by atoms with Crippen LogP contribution in [0.4, 0.5) is 0 Å². The van der Waals surface area contributed by atoms with Gasteiger partial charge in [0.2, 0.25) is 0 Å². The van der Waals surface area contributed by atoms with Gasteiger partial charge in [-0.2, -0.15) is 0 Å². The van der Waals surface area contributed by atoms with Crippen LogP contribution in [0.5, 0.6) is 0 Å². The third kappa shape index (κ3) is 2.94. The highest BCUT2D eigenvalue weighted by atomic mass is 35.5. The van der Waals surface area contributed by atoms with E-state index in [-0.39, 0.29) is 30.5 Å². The molecule has 0 aliphatic carbocycles. The van der Waals surface area contributed by atoms with E-state index in [9.17, 15) is 0 Å². The maximum absolute atomic E-state index is 9.13. The molecule has 0 aliphatic rings. The van der Waals surface area contributed by atoms with Gasteiger partial charge in [0.1, 0.15) is 0 Å². The molecule has 0 aliphatic heterocycles. The van der Waals surface area contributed by atoms with Gasteiger partial charge in [-0.25, -0.2) is 0 Å². The van der Waals surface area contributed by atoms with E-state index in [1.54, 1.807) is 12.4 Å². The van der Waals surface area contributed by atoms with Crippen LogP contribution >= 0.6 is 12.4 Å². The molecule has 0 radical (unpaired) electrons.